The zero-order valence-electron chi connectivity index (χ0n) is 10.6. The van der Waals surface area contributed by atoms with Crippen molar-refractivity contribution >= 4 is 52.3 Å². The Morgan fingerprint density at radius 3 is 2.10 bits per heavy atom. The fourth-order valence-electron chi connectivity index (χ4n) is 1.57. The van der Waals surface area contributed by atoms with Crippen LogP contribution in [0.1, 0.15) is 15.9 Å². The zero-order chi connectivity index (χ0) is 14.8. The van der Waals surface area contributed by atoms with Gasteiger partial charge in [0.2, 0.25) is 9.45 Å². The van der Waals surface area contributed by atoms with E-state index in [9.17, 15) is 4.79 Å². The third-order valence-electron chi connectivity index (χ3n) is 2.64. The molecule has 0 spiro atoms. The number of rotatable bonds is 4. The first kappa shape index (κ1) is 15.7. The maximum absolute atomic E-state index is 12.3. The molecule has 0 radical (unpaired) electrons. The minimum absolute atomic E-state index is 0.358. The van der Waals surface area contributed by atoms with E-state index in [-0.39, 0.29) is 5.78 Å². The molecule has 2 rings (SSSR count). The van der Waals surface area contributed by atoms with Crippen molar-refractivity contribution in [3.05, 3.63) is 64.7 Å². The third-order valence-corrected chi connectivity index (χ3v) is 4.65. The van der Waals surface area contributed by atoms with Gasteiger partial charge in [-0.25, -0.2) is 0 Å². The second kappa shape index (κ2) is 6.40. The van der Waals surface area contributed by atoms with E-state index in [0.717, 1.165) is 22.2 Å². The number of benzene rings is 2. The predicted octanol–water partition coefficient (Wildman–Crippen LogP) is 5.75. The van der Waals surface area contributed by atoms with Gasteiger partial charge in [0.25, 0.3) is 0 Å². The summed E-state index contributed by atoms with van der Waals surface area (Å²) in [5.74, 6) is -0.358. The van der Waals surface area contributed by atoms with Crippen LogP contribution in [0.5, 0.6) is 0 Å². The molecular weight excluding hydrogens is 335 g/mol. The van der Waals surface area contributed by atoms with Crippen LogP contribution in [-0.2, 0) is 0 Å². The normalized spacial score (nSPS) is 11.4. The number of aryl methyl sites for hydroxylation is 1. The van der Waals surface area contributed by atoms with Crippen LogP contribution in [-0.4, -0.2) is 9.45 Å². The maximum Gasteiger partial charge on any atom is 0.230 e. The van der Waals surface area contributed by atoms with Crippen LogP contribution in [0.4, 0.5) is 0 Å². The van der Waals surface area contributed by atoms with E-state index in [4.69, 9.17) is 34.8 Å². The topological polar surface area (TPSA) is 17.1 Å². The molecule has 0 aliphatic rings. The minimum atomic E-state index is -1.57. The summed E-state index contributed by atoms with van der Waals surface area (Å²) in [4.78, 5) is 13.2. The van der Waals surface area contributed by atoms with Gasteiger partial charge in [0.1, 0.15) is 0 Å². The van der Waals surface area contributed by atoms with Crippen molar-refractivity contribution in [3.8, 4) is 0 Å². The second-order valence-corrected chi connectivity index (χ2v) is 7.77. The van der Waals surface area contributed by atoms with E-state index in [1.165, 1.54) is 0 Å². The van der Waals surface area contributed by atoms with E-state index in [1.807, 2.05) is 31.2 Å². The highest BCUT2D eigenvalue weighted by Gasteiger charge is 2.35. The monoisotopic (exact) mass is 344 g/mol. The van der Waals surface area contributed by atoms with Gasteiger partial charge in [-0.05, 0) is 43.3 Å². The molecule has 2 aromatic rings. The molecule has 1 nitrogen and oxygen atoms in total. The summed E-state index contributed by atoms with van der Waals surface area (Å²) in [5, 5.41) is 0.558. The summed E-state index contributed by atoms with van der Waals surface area (Å²) < 4.78 is -1.57. The average molecular weight is 346 g/mol. The molecule has 0 aliphatic heterocycles. The summed E-state index contributed by atoms with van der Waals surface area (Å²) in [5.41, 5.74) is 1.56. The van der Waals surface area contributed by atoms with Gasteiger partial charge in [-0.3, -0.25) is 4.79 Å². The third kappa shape index (κ3) is 3.92. The van der Waals surface area contributed by atoms with Crippen LogP contribution in [0.2, 0.25) is 5.02 Å². The number of hydrogen-bond donors (Lipinski definition) is 0. The SMILES string of the molecule is Cc1ccc(SC(Cl)(Cl)C(=O)c2ccc(Cl)cc2)cc1. The molecule has 0 atom stereocenters. The summed E-state index contributed by atoms with van der Waals surface area (Å²) in [6, 6.07) is 14.1. The molecular formula is C15H11Cl3OS. The Labute approximate surface area is 137 Å². The number of Topliss-reactive ketones (excluding diaryl/α,β-unsaturated/α-hetero) is 1. The van der Waals surface area contributed by atoms with Crippen LogP contribution in [0.15, 0.2) is 53.4 Å². The highest BCUT2D eigenvalue weighted by Crippen LogP contribution is 2.42. The largest absolute Gasteiger partial charge is 0.290 e. The number of carbonyl (C=O) groups excluding carboxylic acids is 1. The zero-order valence-corrected chi connectivity index (χ0v) is 13.7. The maximum atomic E-state index is 12.3. The first-order valence-corrected chi connectivity index (χ1v) is 7.77. The molecule has 20 heavy (non-hydrogen) atoms. The predicted molar refractivity (Wildman–Crippen MR) is 87.3 cm³/mol. The Kier molecular flexibility index (Phi) is 5.03. The highest BCUT2D eigenvalue weighted by molar-refractivity contribution is 8.04. The number of ketones is 1. The number of halogens is 3. The van der Waals surface area contributed by atoms with E-state index in [2.05, 4.69) is 0 Å². The Bertz CT molecular complexity index is 606. The molecule has 0 N–H and O–H groups in total. The summed E-state index contributed by atoms with van der Waals surface area (Å²) in [6.07, 6.45) is 0. The molecule has 0 heterocycles. The van der Waals surface area contributed by atoms with Crippen molar-refractivity contribution in [1.82, 2.24) is 0 Å². The Morgan fingerprint density at radius 1 is 1.00 bits per heavy atom. The van der Waals surface area contributed by atoms with Gasteiger partial charge in [0, 0.05) is 15.5 Å². The van der Waals surface area contributed by atoms with E-state index in [1.54, 1.807) is 24.3 Å². The lowest BCUT2D eigenvalue weighted by Gasteiger charge is -2.17. The van der Waals surface area contributed by atoms with E-state index in [0.29, 0.717) is 10.6 Å². The Balaban J connectivity index is 2.18. The molecule has 104 valence electrons. The van der Waals surface area contributed by atoms with Crippen LogP contribution >= 0.6 is 46.6 Å². The van der Waals surface area contributed by atoms with Gasteiger partial charge in [-0.2, -0.15) is 0 Å². The van der Waals surface area contributed by atoms with Gasteiger partial charge in [0.15, 0.2) is 0 Å². The molecule has 0 saturated heterocycles. The lowest BCUT2D eigenvalue weighted by Crippen LogP contribution is -2.21. The van der Waals surface area contributed by atoms with Gasteiger partial charge >= 0.3 is 0 Å². The number of alkyl halides is 2. The van der Waals surface area contributed by atoms with E-state index < -0.39 is 3.67 Å². The number of carbonyl (C=O) groups is 1. The fourth-order valence-corrected chi connectivity index (χ4v) is 3.23. The molecule has 0 bridgehead atoms. The van der Waals surface area contributed by atoms with Crippen molar-refractivity contribution in [2.24, 2.45) is 0 Å². The number of thioether (sulfide) groups is 1. The quantitative estimate of drug-likeness (QED) is 0.398. The van der Waals surface area contributed by atoms with Gasteiger partial charge in [-0.1, -0.05) is 64.3 Å². The minimum Gasteiger partial charge on any atom is -0.290 e. The molecule has 0 aliphatic carbocycles. The van der Waals surface area contributed by atoms with Crippen LogP contribution in [0, 0.1) is 6.92 Å². The van der Waals surface area contributed by atoms with Gasteiger partial charge < -0.3 is 0 Å². The van der Waals surface area contributed by atoms with Crippen LogP contribution < -0.4 is 0 Å². The van der Waals surface area contributed by atoms with E-state index >= 15 is 0 Å². The summed E-state index contributed by atoms with van der Waals surface area (Å²) in [7, 11) is 0. The fraction of sp³-hybridized carbons (Fsp3) is 0.133. The van der Waals surface area contributed by atoms with Crippen LogP contribution in [0.25, 0.3) is 0 Å². The van der Waals surface area contributed by atoms with Crippen LogP contribution in [0.3, 0.4) is 0 Å². The van der Waals surface area contributed by atoms with Gasteiger partial charge in [-0.15, -0.1) is 0 Å². The lowest BCUT2D eigenvalue weighted by atomic mass is 10.1. The second-order valence-electron chi connectivity index (χ2n) is 4.27. The van der Waals surface area contributed by atoms with Crippen molar-refractivity contribution in [2.75, 3.05) is 0 Å². The highest BCUT2D eigenvalue weighted by atomic mass is 35.5. The van der Waals surface area contributed by atoms with Crippen molar-refractivity contribution in [3.63, 3.8) is 0 Å². The molecule has 0 aromatic heterocycles. The lowest BCUT2D eigenvalue weighted by molar-refractivity contribution is 0.0998. The molecule has 5 heteroatoms. The average Bonchev–Trinajstić information content (AvgIpc) is 2.41. The molecule has 0 saturated carbocycles. The molecule has 0 amide bonds. The molecule has 0 unspecified atom stereocenters. The number of hydrogen-bond acceptors (Lipinski definition) is 2. The van der Waals surface area contributed by atoms with Gasteiger partial charge in [0.05, 0.1) is 0 Å². The standard InChI is InChI=1S/C15H11Cl3OS/c1-10-2-8-13(9-3-10)20-15(17,18)14(19)11-4-6-12(16)7-5-11/h2-9H,1H3. The Morgan fingerprint density at radius 2 is 1.55 bits per heavy atom. The van der Waals surface area contributed by atoms with Crippen molar-refractivity contribution < 1.29 is 4.79 Å². The van der Waals surface area contributed by atoms with Crippen molar-refractivity contribution in [1.29, 1.82) is 0 Å². The first-order chi connectivity index (χ1) is 9.38. The summed E-state index contributed by atoms with van der Waals surface area (Å²) >= 11 is 19.3. The smallest absolute Gasteiger partial charge is 0.230 e. The Hall–Kier alpha value is -0.670. The van der Waals surface area contributed by atoms with Crippen molar-refractivity contribution in [2.45, 2.75) is 15.5 Å². The summed E-state index contributed by atoms with van der Waals surface area (Å²) in [6.45, 7) is 1.99. The molecule has 0 fully saturated rings. The first-order valence-electron chi connectivity index (χ1n) is 5.82. The molecule has 2 aromatic carbocycles.